The lowest BCUT2D eigenvalue weighted by molar-refractivity contribution is 0.644. The second-order valence-electron chi connectivity index (χ2n) is 5.03. The Morgan fingerprint density at radius 3 is 2.79 bits per heavy atom. The molecule has 1 aliphatic carbocycles. The van der Waals surface area contributed by atoms with E-state index in [-0.39, 0.29) is 0 Å². The lowest BCUT2D eigenvalue weighted by atomic mass is 10.2. The SMILES string of the molecule is CN=C(NCCCC1CC1)NCc1ccccc1Cl. The zero-order chi connectivity index (χ0) is 13.5. The van der Waals surface area contributed by atoms with Crippen molar-refractivity contribution in [2.45, 2.75) is 32.2 Å². The first-order chi connectivity index (χ1) is 9.29. The number of hydrogen-bond acceptors (Lipinski definition) is 1. The van der Waals surface area contributed by atoms with Crippen molar-refractivity contribution in [3.8, 4) is 0 Å². The molecule has 0 radical (unpaired) electrons. The maximum Gasteiger partial charge on any atom is 0.191 e. The van der Waals surface area contributed by atoms with Crippen molar-refractivity contribution in [1.29, 1.82) is 0 Å². The third-order valence-electron chi connectivity index (χ3n) is 3.41. The van der Waals surface area contributed by atoms with Crippen LogP contribution in [0.2, 0.25) is 5.02 Å². The van der Waals surface area contributed by atoms with Crippen LogP contribution >= 0.6 is 11.6 Å². The predicted molar refractivity (Wildman–Crippen MR) is 81.6 cm³/mol. The maximum atomic E-state index is 6.12. The molecular formula is C15H22ClN3. The van der Waals surface area contributed by atoms with Crippen LogP contribution in [0.5, 0.6) is 0 Å². The van der Waals surface area contributed by atoms with Gasteiger partial charge in [-0.1, -0.05) is 42.6 Å². The summed E-state index contributed by atoms with van der Waals surface area (Å²) in [6, 6.07) is 7.87. The molecule has 1 aromatic rings. The van der Waals surface area contributed by atoms with Crippen LogP contribution in [-0.4, -0.2) is 19.6 Å². The van der Waals surface area contributed by atoms with Gasteiger partial charge in [0.05, 0.1) is 0 Å². The molecule has 104 valence electrons. The zero-order valence-corrected chi connectivity index (χ0v) is 12.2. The van der Waals surface area contributed by atoms with Gasteiger partial charge in [-0.05, 0) is 30.4 Å². The van der Waals surface area contributed by atoms with Gasteiger partial charge in [0.15, 0.2) is 5.96 Å². The van der Waals surface area contributed by atoms with E-state index in [4.69, 9.17) is 11.6 Å². The fraction of sp³-hybridized carbons (Fsp3) is 0.533. The van der Waals surface area contributed by atoms with E-state index < -0.39 is 0 Å². The van der Waals surface area contributed by atoms with Crippen LogP contribution in [0.4, 0.5) is 0 Å². The molecule has 1 fully saturated rings. The molecule has 19 heavy (non-hydrogen) atoms. The second-order valence-corrected chi connectivity index (χ2v) is 5.44. The molecule has 0 heterocycles. The summed E-state index contributed by atoms with van der Waals surface area (Å²) in [5.74, 6) is 1.84. The first-order valence-electron chi connectivity index (χ1n) is 6.97. The summed E-state index contributed by atoms with van der Waals surface area (Å²) in [6.07, 6.45) is 5.42. The van der Waals surface area contributed by atoms with Crippen molar-refractivity contribution >= 4 is 17.6 Å². The van der Waals surface area contributed by atoms with E-state index in [9.17, 15) is 0 Å². The van der Waals surface area contributed by atoms with E-state index in [2.05, 4.69) is 15.6 Å². The summed E-state index contributed by atoms with van der Waals surface area (Å²) >= 11 is 6.12. The Hall–Kier alpha value is -1.22. The Morgan fingerprint density at radius 2 is 2.11 bits per heavy atom. The smallest absolute Gasteiger partial charge is 0.191 e. The molecule has 0 amide bonds. The third-order valence-corrected chi connectivity index (χ3v) is 3.77. The molecule has 4 heteroatoms. The van der Waals surface area contributed by atoms with Gasteiger partial charge in [-0.3, -0.25) is 4.99 Å². The summed E-state index contributed by atoms with van der Waals surface area (Å²) < 4.78 is 0. The highest BCUT2D eigenvalue weighted by Gasteiger charge is 2.19. The van der Waals surface area contributed by atoms with Gasteiger partial charge >= 0.3 is 0 Å². The number of rotatable bonds is 6. The Labute approximate surface area is 120 Å². The number of aliphatic imine (C=N–C) groups is 1. The van der Waals surface area contributed by atoms with Gasteiger partial charge in [-0.15, -0.1) is 0 Å². The Morgan fingerprint density at radius 1 is 1.32 bits per heavy atom. The fourth-order valence-corrected chi connectivity index (χ4v) is 2.25. The van der Waals surface area contributed by atoms with E-state index in [1.54, 1.807) is 7.05 Å². The minimum absolute atomic E-state index is 0.696. The van der Waals surface area contributed by atoms with E-state index in [0.717, 1.165) is 29.0 Å². The van der Waals surface area contributed by atoms with Crippen molar-refractivity contribution in [2.75, 3.05) is 13.6 Å². The van der Waals surface area contributed by atoms with Crippen molar-refractivity contribution in [3.05, 3.63) is 34.9 Å². The molecule has 1 saturated carbocycles. The van der Waals surface area contributed by atoms with E-state index >= 15 is 0 Å². The van der Waals surface area contributed by atoms with Crippen molar-refractivity contribution in [3.63, 3.8) is 0 Å². The van der Waals surface area contributed by atoms with Crippen molar-refractivity contribution < 1.29 is 0 Å². The van der Waals surface area contributed by atoms with Crippen molar-refractivity contribution in [1.82, 2.24) is 10.6 Å². The largest absolute Gasteiger partial charge is 0.356 e. The Balaban J connectivity index is 1.68. The molecular weight excluding hydrogens is 258 g/mol. The summed E-state index contributed by atoms with van der Waals surface area (Å²) in [5, 5.41) is 7.41. The van der Waals surface area contributed by atoms with E-state index in [1.807, 2.05) is 24.3 Å². The van der Waals surface area contributed by atoms with Gasteiger partial charge in [0.1, 0.15) is 0 Å². The summed E-state index contributed by atoms with van der Waals surface area (Å²) in [6.45, 7) is 1.68. The fourth-order valence-electron chi connectivity index (χ4n) is 2.05. The van der Waals surface area contributed by atoms with E-state index in [0.29, 0.717) is 6.54 Å². The molecule has 0 saturated heterocycles. The number of nitrogens with zero attached hydrogens (tertiary/aromatic N) is 1. The average molecular weight is 280 g/mol. The normalized spacial score (nSPS) is 15.4. The van der Waals surface area contributed by atoms with Gasteiger partial charge in [0, 0.05) is 25.2 Å². The van der Waals surface area contributed by atoms with Crippen LogP contribution in [-0.2, 0) is 6.54 Å². The van der Waals surface area contributed by atoms with Gasteiger partial charge < -0.3 is 10.6 Å². The Bertz CT molecular complexity index is 427. The lowest BCUT2D eigenvalue weighted by Gasteiger charge is -2.12. The van der Waals surface area contributed by atoms with Gasteiger partial charge in [0.25, 0.3) is 0 Å². The number of guanidine groups is 1. The highest BCUT2D eigenvalue weighted by Crippen LogP contribution is 2.33. The van der Waals surface area contributed by atoms with Crippen LogP contribution in [0.15, 0.2) is 29.3 Å². The minimum atomic E-state index is 0.696. The topological polar surface area (TPSA) is 36.4 Å². The first-order valence-corrected chi connectivity index (χ1v) is 7.35. The van der Waals surface area contributed by atoms with Crippen LogP contribution in [0, 0.1) is 5.92 Å². The van der Waals surface area contributed by atoms with Crippen LogP contribution in [0.3, 0.4) is 0 Å². The van der Waals surface area contributed by atoms with Crippen LogP contribution in [0.25, 0.3) is 0 Å². The molecule has 0 unspecified atom stereocenters. The second kappa shape index (κ2) is 7.39. The quantitative estimate of drug-likeness (QED) is 0.477. The molecule has 2 rings (SSSR count). The summed E-state index contributed by atoms with van der Waals surface area (Å²) in [5.41, 5.74) is 1.09. The summed E-state index contributed by atoms with van der Waals surface area (Å²) in [4.78, 5) is 4.22. The number of nitrogens with one attached hydrogen (secondary N) is 2. The first kappa shape index (κ1) is 14.2. The highest BCUT2D eigenvalue weighted by molar-refractivity contribution is 6.31. The monoisotopic (exact) mass is 279 g/mol. The zero-order valence-electron chi connectivity index (χ0n) is 11.5. The Kier molecular flexibility index (Phi) is 5.52. The molecule has 0 bridgehead atoms. The molecule has 1 aromatic carbocycles. The van der Waals surface area contributed by atoms with Gasteiger partial charge in [-0.2, -0.15) is 0 Å². The van der Waals surface area contributed by atoms with Crippen molar-refractivity contribution in [2.24, 2.45) is 10.9 Å². The third kappa shape index (κ3) is 5.11. The number of halogens is 1. The lowest BCUT2D eigenvalue weighted by Crippen LogP contribution is -2.37. The van der Waals surface area contributed by atoms with E-state index in [1.165, 1.54) is 25.7 Å². The van der Waals surface area contributed by atoms with Crippen LogP contribution in [0.1, 0.15) is 31.2 Å². The average Bonchev–Trinajstić information content (AvgIpc) is 3.24. The molecule has 0 aromatic heterocycles. The number of benzene rings is 1. The number of hydrogen-bond donors (Lipinski definition) is 2. The van der Waals surface area contributed by atoms with Gasteiger partial charge in [-0.25, -0.2) is 0 Å². The maximum absolute atomic E-state index is 6.12. The molecule has 0 spiro atoms. The minimum Gasteiger partial charge on any atom is -0.356 e. The van der Waals surface area contributed by atoms with Gasteiger partial charge in [0.2, 0.25) is 0 Å². The molecule has 0 aliphatic heterocycles. The summed E-state index contributed by atoms with van der Waals surface area (Å²) in [7, 11) is 1.79. The van der Waals surface area contributed by atoms with Crippen LogP contribution < -0.4 is 10.6 Å². The molecule has 1 aliphatic rings. The standard InChI is InChI=1S/C15H22ClN3/c1-17-15(18-10-4-5-12-8-9-12)19-11-13-6-2-3-7-14(13)16/h2-3,6-7,12H,4-5,8-11H2,1H3,(H2,17,18,19). The molecule has 0 atom stereocenters. The highest BCUT2D eigenvalue weighted by atomic mass is 35.5. The molecule has 2 N–H and O–H groups in total. The molecule has 3 nitrogen and oxygen atoms in total. The predicted octanol–water partition coefficient (Wildman–Crippen LogP) is 3.20.